The van der Waals surface area contributed by atoms with Crippen molar-refractivity contribution in [3.63, 3.8) is 0 Å². The highest BCUT2D eigenvalue weighted by Crippen LogP contribution is 2.27. The molecule has 0 aromatic heterocycles. The first kappa shape index (κ1) is 86.0. The quantitative estimate of drug-likeness (QED) is 0.0252. The Labute approximate surface area is 559 Å². The van der Waals surface area contributed by atoms with Gasteiger partial charge in [0.2, 0.25) is 35.4 Å². The monoisotopic (exact) mass is 1400 g/mol. The second-order valence-corrected chi connectivity index (χ2v) is 22.5. The molecule has 15 atom stereocenters. The normalized spacial score (nSPS) is 26.5. The number of aliphatic hydroxyl groups excluding tert-OH is 9. The van der Waals surface area contributed by atoms with Gasteiger partial charge in [0.05, 0.1) is 159 Å². The molecule has 3 aliphatic heterocycles. The second-order valence-electron chi connectivity index (χ2n) is 22.5. The van der Waals surface area contributed by atoms with Crippen LogP contribution in [0.1, 0.15) is 59.3 Å². The Bertz CT molecular complexity index is 1900. The predicted octanol–water partition coefficient (Wildman–Crippen LogP) is -8.34. The highest BCUT2D eigenvalue weighted by Gasteiger charge is 2.48. The molecule has 3 heterocycles. The van der Waals surface area contributed by atoms with Gasteiger partial charge in [-0.15, -0.1) is 0 Å². The topological polar surface area (TPSA) is 507 Å². The standard InChI is InChI=1S/C59H109N7O30/c1-38(70)64-47-53(79)50(76)41(35-67)94-56(47)91-32-29-88-26-23-85-20-17-82-14-11-61-44(73)5-8-59(60-4,9-6-45(74)62-12-15-83-18-21-86-24-27-89-30-33-92-57-48(65-39(2)71)54(80)51(77)42(36-68)95-57)10-7-46(75)63-13-16-84-19-22-87-25-28-90-31-34-93-58-49(66-40(3)72)55(81)52(78)43(37-69)96-58/h41-43,47-58,60,67-69,76-81H,5-37H2,1-4H3,(H,61,73)(H,62,74)(H,63,75)(H,64,70)(H,65,71)(H,66,72). The Hall–Kier alpha value is -4.18. The number of hydrogen-bond donors (Lipinski definition) is 16. The second kappa shape index (κ2) is 51.0. The summed E-state index contributed by atoms with van der Waals surface area (Å²) in [4.78, 5) is 74.2. The van der Waals surface area contributed by atoms with Gasteiger partial charge in [-0.3, -0.25) is 28.8 Å². The largest absolute Gasteiger partial charge is 0.394 e. The number of carbonyl (C=O) groups excluding carboxylic acids is 6. The van der Waals surface area contributed by atoms with Crippen LogP contribution in [-0.2, 0) is 99.8 Å². The fourth-order valence-corrected chi connectivity index (χ4v) is 10.00. The van der Waals surface area contributed by atoms with Crippen molar-refractivity contribution in [2.45, 2.75) is 157 Å². The average molecular weight is 1400 g/mol. The predicted molar refractivity (Wildman–Crippen MR) is 330 cm³/mol. The van der Waals surface area contributed by atoms with E-state index in [9.17, 15) is 74.7 Å². The van der Waals surface area contributed by atoms with Crippen molar-refractivity contribution in [1.29, 1.82) is 0 Å². The molecule has 0 bridgehead atoms. The average Bonchev–Trinajstić information content (AvgIpc) is 0.848. The highest BCUT2D eigenvalue weighted by atomic mass is 16.7. The zero-order valence-corrected chi connectivity index (χ0v) is 55.6. The number of nitrogens with one attached hydrogen (secondary N) is 7. The molecular formula is C59H109N7O30. The van der Waals surface area contributed by atoms with E-state index in [0.29, 0.717) is 19.3 Å². The van der Waals surface area contributed by atoms with Crippen LogP contribution in [0.15, 0.2) is 0 Å². The van der Waals surface area contributed by atoms with Crippen LogP contribution in [0.5, 0.6) is 0 Å². The minimum Gasteiger partial charge on any atom is -0.394 e. The number of carbonyl (C=O) groups is 6. The van der Waals surface area contributed by atoms with E-state index in [1.807, 2.05) is 0 Å². The van der Waals surface area contributed by atoms with Gasteiger partial charge in [0.15, 0.2) is 18.9 Å². The fraction of sp³-hybridized carbons (Fsp3) is 0.898. The summed E-state index contributed by atoms with van der Waals surface area (Å²) >= 11 is 0. The molecule has 37 nitrogen and oxygen atoms in total. The molecule has 0 saturated carbocycles. The molecule has 0 radical (unpaired) electrons. The lowest BCUT2D eigenvalue weighted by atomic mass is 9.83. The Morgan fingerprint density at radius 1 is 0.344 bits per heavy atom. The lowest BCUT2D eigenvalue weighted by molar-refractivity contribution is -0.272. The van der Waals surface area contributed by atoms with Crippen LogP contribution in [0.2, 0.25) is 0 Å². The van der Waals surface area contributed by atoms with E-state index in [-0.39, 0.29) is 195 Å². The molecule has 6 amide bonds. The molecule has 0 spiro atoms. The van der Waals surface area contributed by atoms with Crippen molar-refractivity contribution in [3.8, 4) is 0 Å². The van der Waals surface area contributed by atoms with Crippen molar-refractivity contribution < 1.29 is 146 Å². The smallest absolute Gasteiger partial charge is 0.220 e. The van der Waals surface area contributed by atoms with Gasteiger partial charge in [-0.2, -0.15) is 0 Å². The number of hydrogen-bond acceptors (Lipinski definition) is 31. The van der Waals surface area contributed by atoms with Gasteiger partial charge in [0.25, 0.3) is 0 Å². The Kier molecular flexibility index (Phi) is 45.7. The minimum atomic E-state index is -1.43. The molecule has 0 aliphatic carbocycles. The third-order valence-corrected chi connectivity index (χ3v) is 15.2. The van der Waals surface area contributed by atoms with Crippen LogP contribution in [0.3, 0.4) is 0 Å². The van der Waals surface area contributed by atoms with Crippen molar-refractivity contribution in [2.24, 2.45) is 0 Å². The summed E-state index contributed by atoms with van der Waals surface area (Å²) in [6.45, 7) is 6.47. The van der Waals surface area contributed by atoms with Crippen LogP contribution < -0.4 is 37.2 Å². The SMILES string of the molecule is CNC(CCC(=O)NCCOCCOCCOCCOC1OC(CO)C(O)C(O)C1NC(C)=O)(CCC(=O)NCCOCCOCCOCCOC1OC(CO)C(O)C(O)C1NC(C)=O)CCC(=O)NCCOCCOCCOCCOC1OC(CO)C(O)C(O)C1NC(C)=O. The number of rotatable bonds is 55. The van der Waals surface area contributed by atoms with E-state index in [1.54, 1.807) is 7.05 Å². The summed E-state index contributed by atoms with van der Waals surface area (Å²) in [6, 6.07) is -3.19. The van der Waals surface area contributed by atoms with Crippen molar-refractivity contribution in [3.05, 3.63) is 0 Å². The fourth-order valence-electron chi connectivity index (χ4n) is 10.00. The van der Waals surface area contributed by atoms with E-state index in [1.165, 1.54) is 20.8 Å². The minimum absolute atomic E-state index is 0.0153. The van der Waals surface area contributed by atoms with Crippen molar-refractivity contribution >= 4 is 35.4 Å². The maximum absolute atomic E-state index is 13.1. The third-order valence-electron chi connectivity index (χ3n) is 15.2. The summed E-state index contributed by atoms with van der Waals surface area (Å²) in [5.41, 5.74) is -0.790. The van der Waals surface area contributed by atoms with Gasteiger partial charge in [-0.25, -0.2) is 0 Å². The molecule has 560 valence electrons. The van der Waals surface area contributed by atoms with Crippen molar-refractivity contribution in [2.75, 3.05) is 185 Å². The van der Waals surface area contributed by atoms with Gasteiger partial charge in [-0.1, -0.05) is 0 Å². The Morgan fingerprint density at radius 2 is 0.562 bits per heavy atom. The number of amides is 6. The van der Waals surface area contributed by atoms with E-state index in [4.69, 9.17) is 71.1 Å². The zero-order chi connectivity index (χ0) is 70.5. The molecule has 37 heteroatoms. The molecule has 16 N–H and O–H groups in total. The Balaban J connectivity index is 1.32. The number of aliphatic hydroxyl groups is 9. The van der Waals surface area contributed by atoms with Gasteiger partial charge >= 0.3 is 0 Å². The molecule has 15 unspecified atom stereocenters. The molecule has 3 rings (SSSR count). The summed E-state index contributed by atoms with van der Waals surface area (Å²) in [7, 11) is 1.71. The van der Waals surface area contributed by atoms with E-state index in [2.05, 4.69) is 37.2 Å². The first-order valence-electron chi connectivity index (χ1n) is 32.4. The molecule has 3 aliphatic rings. The first-order chi connectivity index (χ1) is 46.2. The lowest BCUT2D eigenvalue weighted by Gasteiger charge is -2.42. The summed E-state index contributed by atoms with van der Waals surface area (Å²) in [5, 5.41) is 109. The van der Waals surface area contributed by atoms with Gasteiger partial charge in [-0.05, 0) is 26.3 Å². The van der Waals surface area contributed by atoms with Crippen molar-refractivity contribution in [1.82, 2.24) is 37.2 Å². The van der Waals surface area contributed by atoms with E-state index in [0.717, 1.165) is 0 Å². The van der Waals surface area contributed by atoms with Crippen LogP contribution in [0, 0.1) is 0 Å². The highest BCUT2D eigenvalue weighted by molar-refractivity contribution is 5.78. The van der Waals surface area contributed by atoms with E-state index >= 15 is 0 Å². The number of ether oxygens (including phenoxy) is 15. The first-order valence-corrected chi connectivity index (χ1v) is 32.4. The van der Waals surface area contributed by atoms with Crippen LogP contribution in [-0.4, -0.2) is 364 Å². The van der Waals surface area contributed by atoms with Gasteiger partial charge in [0, 0.05) is 65.2 Å². The third kappa shape index (κ3) is 34.7. The molecule has 3 fully saturated rings. The molecule has 3 saturated heterocycles. The zero-order valence-electron chi connectivity index (χ0n) is 55.6. The molecule has 0 aromatic rings. The Morgan fingerprint density at radius 3 is 0.771 bits per heavy atom. The van der Waals surface area contributed by atoms with Gasteiger partial charge < -0.3 is 154 Å². The van der Waals surface area contributed by atoms with Gasteiger partial charge in [0.1, 0.15) is 73.1 Å². The lowest BCUT2D eigenvalue weighted by Crippen LogP contribution is -2.64. The maximum atomic E-state index is 13.1. The van der Waals surface area contributed by atoms with E-state index < -0.39 is 135 Å². The summed E-state index contributed by atoms with van der Waals surface area (Å²) in [6.07, 6.45) is -14.2. The van der Waals surface area contributed by atoms with Crippen LogP contribution in [0.4, 0.5) is 0 Å². The molecule has 96 heavy (non-hydrogen) atoms. The summed E-state index contributed by atoms with van der Waals surface area (Å²) in [5.74, 6) is -2.19. The molecular weight excluding hydrogens is 1290 g/mol. The molecule has 0 aromatic carbocycles. The van der Waals surface area contributed by atoms with Crippen LogP contribution in [0.25, 0.3) is 0 Å². The maximum Gasteiger partial charge on any atom is 0.220 e. The summed E-state index contributed by atoms with van der Waals surface area (Å²) < 4.78 is 83.3. The van der Waals surface area contributed by atoms with Crippen LogP contribution >= 0.6 is 0 Å².